The molecule has 0 radical (unpaired) electrons. The van der Waals surface area contributed by atoms with Crippen molar-refractivity contribution in [2.45, 2.75) is 6.10 Å². The van der Waals surface area contributed by atoms with Crippen LogP contribution in [0.25, 0.3) is 0 Å². The summed E-state index contributed by atoms with van der Waals surface area (Å²) >= 11 is 9.18. The van der Waals surface area contributed by atoms with Gasteiger partial charge in [0.15, 0.2) is 0 Å². The normalized spacial score (nSPS) is 12.2. The van der Waals surface area contributed by atoms with Crippen molar-refractivity contribution in [1.82, 2.24) is 0 Å². The topological polar surface area (TPSA) is 32.3 Å². The Labute approximate surface area is 120 Å². The predicted octanol–water partition coefficient (Wildman–Crippen LogP) is 4.25. The molecule has 2 rings (SSSR count). The lowest BCUT2D eigenvalue weighted by atomic mass is 10.1. The number of hydrogen-bond donors (Lipinski definition) is 2. The van der Waals surface area contributed by atoms with E-state index in [1.54, 1.807) is 12.1 Å². The third-order valence-electron chi connectivity index (χ3n) is 2.60. The van der Waals surface area contributed by atoms with Crippen molar-refractivity contribution in [2.75, 3.05) is 11.9 Å². The number of anilines is 1. The summed E-state index contributed by atoms with van der Waals surface area (Å²) in [5.41, 5.74) is 1.83. The summed E-state index contributed by atoms with van der Waals surface area (Å²) in [6, 6.07) is 15.0. The molecule has 0 amide bonds. The molecule has 0 aliphatic rings. The maximum atomic E-state index is 10.0. The van der Waals surface area contributed by atoms with Gasteiger partial charge in [0.1, 0.15) is 0 Å². The number of aliphatic hydroxyl groups excluding tert-OH is 1. The molecule has 2 nitrogen and oxygen atoms in total. The Kier molecular flexibility index (Phi) is 4.64. The zero-order valence-corrected chi connectivity index (χ0v) is 11.9. The van der Waals surface area contributed by atoms with Crippen molar-refractivity contribution < 1.29 is 5.11 Å². The Morgan fingerprint density at radius 2 is 1.67 bits per heavy atom. The summed E-state index contributed by atoms with van der Waals surface area (Å²) < 4.78 is 1.03. The molecule has 2 N–H and O–H groups in total. The second kappa shape index (κ2) is 6.23. The minimum atomic E-state index is -0.550. The second-order valence-corrected chi connectivity index (χ2v) is 5.31. The highest BCUT2D eigenvalue weighted by molar-refractivity contribution is 9.10. The van der Waals surface area contributed by atoms with Crippen LogP contribution in [0.4, 0.5) is 5.69 Å². The minimum absolute atomic E-state index is 0.462. The van der Waals surface area contributed by atoms with Crippen LogP contribution in [0.2, 0.25) is 5.02 Å². The van der Waals surface area contributed by atoms with Crippen molar-refractivity contribution in [3.8, 4) is 0 Å². The van der Waals surface area contributed by atoms with E-state index in [4.69, 9.17) is 11.6 Å². The average Bonchev–Trinajstić information content (AvgIpc) is 2.38. The van der Waals surface area contributed by atoms with E-state index >= 15 is 0 Å². The summed E-state index contributed by atoms with van der Waals surface area (Å²) in [6.07, 6.45) is -0.550. The van der Waals surface area contributed by atoms with E-state index in [1.807, 2.05) is 36.4 Å². The Morgan fingerprint density at radius 1 is 1.06 bits per heavy atom. The van der Waals surface area contributed by atoms with Gasteiger partial charge in [0, 0.05) is 21.7 Å². The third kappa shape index (κ3) is 3.73. The molecular formula is C14H13BrClNO. The van der Waals surface area contributed by atoms with Crippen molar-refractivity contribution in [2.24, 2.45) is 0 Å². The van der Waals surface area contributed by atoms with Crippen molar-refractivity contribution >= 4 is 33.2 Å². The highest BCUT2D eigenvalue weighted by atomic mass is 79.9. The van der Waals surface area contributed by atoms with Crippen molar-refractivity contribution in [3.05, 3.63) is 63.6 Å². The van der Waals surface area contributed by atoms with Gasteiger partial charge in [0.25, 0.3) is 0 Å². The molecule has 0 saturated heterocycles. The fraction of sp³-hybridized carbons (Fsp3) is 0.143. The number of aliphatic hydroxyl groups is 1. The highest BCUT2D eigenvalue weighted by Crippen LogP contribution is 2.18. The van der Waals surface area contributed by atoms with Crippen LogP contribution in [-0.2, 0) is 0 Å². The Hall–Kier alpha value is -1.03. The Balaban J connectivity index is 1.93. The van der Waals surface area contributed by atoms with Crippen LogP contribution in [0.3, 0.4) is 0 Å². The van der Waals surface area contributed by atoms with Gasteiger partial charge in [-0.25, -0.2) is 0 Å². The first-order valence-electron chi connectivity index (χ1n) is 5.58. The number of nitrogens with one attached hydrogen (secondary N) is 1. The Bertz CT molecular complexity index is 498. The van der Waals surface area contributed by atoms with Crippen LogP contribution in [0.15, 0.2) is 53.0 Å². The first-order chi connectivity index (χ1) is 8.65. The van der Waals surface area contributed by atoms with Gasteiger partial charge in [-0.05, 0) is 42.0 Å². The monoisotopic (exact) mass is 325 g/mol. The van der Waals surface area contributed by atoms with E-state index in [-0.39, 0.29) is 0 Å². The van der Waals surface area contributed by atoms with Gasteiger partial charge in [-0.1, -0.05) is 39.7 Å². The molecule has 0 bridgehead atoms. The van der Waals surface area contributed by atoms with Gasteiger partial charge in [-0.3, -0.25) is 0 Å². The fourth-order valence-electron chi connectivity index (χ4n) is 1.59. The van der Waals surface area contributed by atoms with Crippen molar-refractivity contribution in [1.29, 1.82) is 0 Å². The maximum absolute atomic E-state index is 10.0. The van der Waals surface area contributed by atoms with E-state index in [2.05, 4.69) is 21.2 Å². The van der Waals surface area contributed by atoms with E-state index in [0.29, 0.717) is 11.6 Å². The molecule has 0 spiro atoms. The number of halogens is 2. The molecule has 18 heavy (non-hydrogen) atoms. The first kappa shape index (κ1) is 13.4. The molecule has 0 aliphatic heterocycles. The van der Waals surface area contributed by atoms with Gasteiger partial charge in [0.05, 0.1) is 6.10 Å². The lowest BCUT2D eigenvalue weighted by Gasteiger charge is -2.13. The van der Waals surface area contributed by atoms with Gasteiger partial charge < -0.3 is 10.4 Å². The zero-order valence-electron chi connectivity index (χ0n) is 9.61. The number of benzene rings is 2. The van der Waals surface area contributed by atoms with Gasteiger partial charge in [-0.2, -0.15) is 0 Å². The van der Waals surface area contributed by atoms with Gasteiger partial charge in [0.2, 0.25) is 0 Å². The maximum Gasteiger partial charge on any atom is 0.0962 e. The third-order valence-corrected chi connectivity index (χ3v) is 3.38. The van der Waals surface area contributed by atoms with Gasteiger partial charge >= 0.3 is 0 Å². The largest absolute Gasteiger partial charge is 0.387 e. The fourth-order valence-corrected chi connectivity index (χ4v) is 1.98. The molecule has 0 aromatic heterocycles. The molecule has 1 unspecified atom stereocenters. The van der Waals surface area contributed by atoms with Gasteiger partial charge in [-0.15, -0.1) is 0 Å². The van der Waals surface area contributed by atoms with Crippen LogP contribution in [0.1, 0.15) is 11.7 Å². The van der Waals surface area contributed by atoms with Crippen molar-refractivity contribution in [3.63, 3.8) is 0 Å². The molecule has 94 valence electrons. The number of hydrogen-bond acceptors (Lipinski definition) is 2. The zero-order chi connectivity index (χ0) is 13.0. The molecule has 0 fully saturated rings. The number of rotatable bonds is 4. The van der Waals surface area contributed by atoms with E-state index in [1.165, 1.54) is 0 Å². The summed E-state index contributed by atoms with van der Waals surface area (Å²) in [5, 5.41) is 13.9. The second-order valence-electron chi connectivity index (χ2n) is 3.96. The molecule has 2 aromatic carbocycles. The molecule has 0 heterocycles. The molecule has 0 aliphatic carbocycles. The summed E-state index contributed by atoms with van der Waals surface area (Å²) in [6.45, 7) is 0.462. The van der Waals surface area contributed by atoms with Crippen LogP contribution < -0.4 is 5.32 Å². The lowest BCUT2D eigenvalue weighted by molar-refractivity contribution is 0.191. The molecule has 0 saturated carbocycles. The van der Waals surface area contributed by atoms with Crippen LogP contribution in [-0.4, -0.2) is 11.7 Å². The summed E-state index contributed by atoms with van der Waals surface area (Å²) in [5.74, 6) is 0. The molecule has 1 atom stereocenters. The molecule has 2 aromatic rings. The van der Waals surface area contributed by atoms with Crippen LogP contribution >= 0.6 is 27.5 Å². The van der Waals surface area contributed by atoms with E-state index in [0.717, 1.165) is 15.7 Å². The smallest absolute Gasteiger partial charge is 0.0962 e. The van der Waals surface area contributed by atoms with Crippen LogP contribution in [0.5, 0.6) is 0 Å². The quantitative estimate of drug-likeness (QED) is 0.880. The summed E-state index contributed by atoms with van der Waals surface area (Å²) in [4.78, 5) is 0. The standard InChI is InChI=1S/C14H13BrClNO/c15-11-3-7-13(8-4-11)17-9-14(18)10-1-5-12(16)6-2-10/h1-8,14,17-18H,9H2. The minimum Gasteiger partial charge on any atom is -0.387 e. The molecule has 4 heteroatoms. The van der Waals surface area contributed by atoms with E-state index < -0.39 is 6.10 Å². The average molecular weight is 327 g/mol. The van der Waals surface area contributed by atoms with Crippen LogP contribution in [0, 0.1) is 0 Å². The SMILES string of the molecule is OC(CNc1ccc(Br)cc1)c1ccc(Cl)cc1. The first-order valence-corrected chi connectivity index (χ1v) is 6.75. The molecular weight excluding hydrogens is 314 g/mol. The lowest BCUT2D eigenvalue weighted by Crippen LogP contribution is -2.11. The Morgan fingerprint density at radius 3 is 2.28 bits per heavy atom. The van der Waals surface area contributed by atoms with E-state index in [9.17, 15) is 5.11 Å². The predicted molar refractivity (Wildman–Crippen MR) is 79.0 cm³/mol. The summed E-state index contributed by atoms with van der Waals surface area (Å²) in [7, 11) is 0. The highest BCUT2D eigenvalue weighted by Gasteiger charge is 2.06.